The largest absolute Gasteiger partial charge is 0.495 e. The molecule has 0 radical (unpaired) electrons. The summed E-state index contributed by atoms with van der Waals surface area (Å²) in [5.41, 5.74) is 7.74. The van der Waals surface area contributed by atoms with E-state index in [-0.39, 0.29) is 42.0 Å². The highest BCUT2D eigenvalue weighted by molar-refractivity contribution is 6.34. The first kappa shape index (κ1) is 83.8. The molecule has 0 unspecified atom stereocenters. The van der Waals surface area contributed by atoms with Gasteiger partial charge in [0.2, 0.25) is 17.7 Å². The van der Waals surface area contributed by atoms with Crippen LogP contribution in [0, 0.1) is 0 Å². The summed E-state index contributed by atoms with van der Waals surface area (Å²) in [6.45, 7) is 24.1. The summed E-state index contributed by atoms with van der Waals surface area (Å²) in [5.74, 6) is 6.94. The number of methoxy groups -OCH3 is 3. The molecule has 0 saturated carbocycles. The lowest BCUT2D eigenvalue weighted by Gasteiger charge is -2.32. The number of benzene rings is 6. The van der Waals surface area contributed by atoms with Crippen LogP contribution in [0.5, 0.6) is 69.0 Å². The third kappa shape index (κ3) is 18.9. The number of pyridine rings is 3. The molecule has 3 aliphatic rings. The second-order valence-corrected chi connectivity index (χ2v) is 29.9. The predicted octanol–water partition coefficient (Wildman–Crippen LogP) is 20.5. The number of likely N-dealkylation sites (tertiary alicyclic amines) is 3. The first-order valence-electron chi connectivity index (χ1n) is 39.5. The van der Waals surface area contributed by atoms with Gasteiger partial charge in [-0.25, -0.2) is 0 Å². The maximum absolute atomic E-state index is 12.4. The van der Waals surface area contributed by atoms with Gasteiger partial charge in [0.15, 0.2) is 17.2 Å². The molecule has 118 heavy (non-hydrogen) atoms. The summed E-state index contributed by atoms with van der Waals surface area (Å²) in [7, 11) is 4.71. The first-order valence-corrected chi connectivity index (χ1v) is 40.7. The molecular weight excluding hydrogens is 1560 g/mol. The Bertz CT molecular complexity index is 5560. The minimum absolute atomic E-state index is 0.00244. The van der Waals surface area contributed by atoms with Gasteiger partial charge in [-0.15, -0.1) is 0 Å². The molecule has 3 fully saturated rings. The lowest BCUT2D eigenvalue weighted by Crippen LogP contribution is -2.40. The van der Waals surface area contributed by atoms with Crippen molar-refractivity contribution in [1.29, 1.82) is 0 Å². The topological polar surface area (TPSA) is 236 Å². The predicted molar refractivity (Wildman–Crippen MR) is 460 cm³/mol. The molecule has 3 amide bonds. The Labute approximate surface area is 701 Å². The van der Waals surface area contributed by atoms with Crippen molar-refractivity contribution in [2.75, 3.05) is 73.8 Å². The Morgan fingerprint density at radius 2 is 0.737 bits per heavy atom. The standard InChI is InChI=1S/C31H33ClN4O4.2C30H31ClN4O4/c1-4-6-17-39-27-19-33-18-24-30(34-36(31(24)27)22-9-8-16-35(20-22)28(37)5-2)21-12-14-23(15-13-21)40-26-11-7-10-25(38-3)29(26)32;1-5-27(36)34-15-7-8-21(18-34)35-30-23(16-32-17-26(30)38-19(2)3)29(33-35)20-11-13-22(14-12-20)39-25-10-6-9-24(37-4)28(25)31;1-4-16-38-26-18-32-17-23-29(33-35(30(23)26)21-8-7-15-34(19-21)27(36)5-2)20-11-13-22(14-12-20)39-25-10-6-9-24(37-3)28(25)31/h5,7,10-15,18-19,22H,2,4,6,8-9,16-17,20H2,1,3H3;5-6,9-14,16-17,19,21H,1,7-8,15,18H2,2-4H3;5-6,9-14,17-18,21H,2,4,7-8,15-16,19H2,1,3H3/t22-;2*21-/m111/s1. The normalized spacial score (nSPS) is 15.3. The van der Waals surface area contributed by atoms with E-state index in [4.69, 9.17) is 92.7 Å². The van der Waals surface area contributed by atoms with Crippen LogP contribution in [0.2, 0.25) is 15.1 Å². The number of piperidine rings is 3. The number of aromatic nitrogens is 9. The summed E-state index contributed by atoms with van der Waals surface area (Å²) >= 11 is 19.2. The number of rotatable bonds is 27. The maximum Gasteiger partial charge on any atom is 0.246 e. The molecule has 0 spiro atoms. The summed E-state index contributed by atoms with van der Waals surface area (Å²) in [6, 6.07) is 39.3. The van der Waals surface area contributed by atoms with E-state index in [1.165, 1.54) is 18.2 Å². The second-order valence-electron chi connectivity index (χ2n) is 28.7. The zero-order valence-corrected chi connectivity index (χ0v) is 69.4. The number of halogens is 3. The van der Waals surface area contributed by atoms with E-state index >= 15 is 0 Å². The molecule has 27 heteroatoms. The molecule has 9 heterocycles. The van der Waals surface area contributed by atoms with Crippen molar-refractivity contribution in [1.82, 2.24) is 59.0 Å². The summed E-state index contributed by atoms with van der Waals surface area (Å²) < 4.78 is 58.4. The van der Waals surface area contributed by atoms with Gasteiger partial charge in [-0.1, -0.05) is 93.0 Å². The molecule has 3 aliphatic heterocycles. The van der Waals surface area contributed by atoms with Crippen molar-refractivity contribution in [2.45, 2.75) is 110 Å². The van der Waals surface area contributed by atoms with Gasteiger partial charge in [-0.05, 0) is 193 Å². The third-order valence-corrected chi connectivity index (χ3v) is 21.6. The van der Waals surface area contributed by atoms with Crippen LogP contribution in [0.15, 0.2) is 203 Å². The van der Waals surface area contributed by atoms with E-state index in [1.807, 2.05) is 152 Å². The highest BCUT2D eigenvalue weighted by Crippen LogP contribution is 2.45. The Kier molecular flexibility index (Phi) is 27.9. The van der Waals surface area contributed by atoms with E-state index in [0.29, 0.717) is 137 Å². The molecular formula is C91H95Cl3N12O12. The molecule has 0 bridgehead atoms. The molecule has 3 atom stereocenters. The number of fused-ring (bicyclic) bond motifs is 3. The summed E-state index contributed by atoms with van der Waals surface area (Å²) in [4.78, 5) is 56.1. The SMILES string of the molecule is C=CC(=O)N1CCC[C@@H](n2nc(-c3ccc(Oc4cccc(OC)c4Cl)cc3)c3cncc(OC(C)C)c32)C1.C=CC(=O)N1CCC[C@@H](n2nc(-c3ccc(Oc4cccc(OC)c4Cl)cc3)c3cncc(OCCC)c32)C1.C=CC(=O)N1CCC[C@@H](n2nc(-c3ccc(Oc4cccc(OC)c4Cl)cc3)c3cncc(OCCCC)c32)C1. The quantitative estimate of drug-likeness (QED) is 0.0343. The van der Waals surface area contributed by atoms with Gasteiger partial charge in [-0.2, -0.15) is 15.3 Å². The van der Waals surface area contributed by atoms with Crippen LogP contribution in [-0.2, 0) is 14.4 Å². The van der Waals surface area contributed by atoms with Crippen molar-refractivity contribution in [3.05, 3.63) is 218 Å². The molecule has 15 rings (SSSR count). The third-order valence-electron chi connectivity index (χ3n) is 20.5. The van der Waals surface area contributed by atoms with Crippen LogP contribution in [0.25, 0.3) is 66.5 Å². The fraction of sp³-hybridized carbons (Fsp3) is 0.308. The van der Waals surface area contributed by atoms with Gasteiger partial charge in [0.1, 0.15) is 100 Å². The van der Waals surface area contributed by atoms with E-state index in [2.05, 4.69) is 48.5 Å². The van der Waals surface area contributed by atoms with Crippen LogP contribution >= 0.6 is 34.8 Å². The average Bonchev–Trinajstić information content (AvgIpc) is 1.62. The van der Waals surface area contributed by atoms with Crippen LogP contribution in [0.1, 0.15) is 104 Å². The highest BCUT2D eigenvalue weighted by atomic mass is 35.5. The Hall–Kier alpha value is -12.1. The van der Waals surface area contributed by atoms with Crippen molar-refractivity contribution >= 4 is 85.2 Å². The van der Waals surface area contributed by atoms with Gasteiger partial charge >= 0.3 is 0 Å². The van der Waals surface area contributed by atoms with Gasteiger partial charge < -0.3 is 57.3 Å². The minimum atomic E-state index is -0.0663. The highest BCUT2D eigenvalue weighted by Gasteiger charge is 2.33. The number of carbonyl (C=O) groups excluding carboxylic acids is 3. The zero-order chi connectivity index (χ0) is 82.9. The number of hydrogen-bond acceptors (Lipinski definition) is 18. The number of amides is 3. The molecule has 0 N–H and O–H groups in total. The van der Waals surface area contributed by atoms with Crippen molar-refractivity contribution in [2.24, 2.45) is 0 Å². The molecule has 6 aromatic carbocycles. The molecule has 3 saturated heterocycles. The van der Waals surface area contributed by atoms with Crippen molar-refractivity contribution < 1.29 is 57.0 Å². The molecule has 12 aromatic rings. The molecule has 612 valence electrons. The van der Waals surface area contributed by atoms with E-state index in [1.54, 1.807) is 76.3 Å². The molecule has 0 aliphatic carbocycles. The van der Waals surface area contributed by atoms with Gasteiger partial charge in [0.25, 0.3) is 0 Å². The number of ether oxygens (including phenoxy) is 9. The fourth-order valence-electron chi connectivity index (χ4n) is 14.7. The Morgan fingerprint density at radius 3 is 1.04 bits per heavy atom. The van der Waals surface area contributed by atoms with Crippen LogP contribution in [0.3, 0.4) is 0 Å². The van der Waals surface area contributed by atoms with Crippen molar-refractivity contribution in [3.63, 3.8) is 0 Å². The van der Waals surface area contributed by atoms with Crippen LogP contribution < -0.4 is 42.6 Å². The lowest BCUT2D eigenvalue weighted by molar-refractivity contribution is -0.128. The van der Waals surface area contributed by atoms with Crippen molar-refractivity contribution in [3.8, 4) is 103 Å². The zero-order valence-electron chi connectivity index (χ0n) is 67.2. The summed E-state index contributed by atoms with van der Waals surface area (Å²) in [6.07, 6.45) is 23.0. The van der Waals surface area contributed by atoms with Gasteiger partial charge in [0.05, 0.1) is 93.5 Å². The van der Waals surface area contributed by atoms with Gasteiger partial charge in [-0.3, -0.25) is 43.4 Å². The van der Waals surface area contributed by atoms with Crippen LogP contribution in [-0.4, -0.2) is 157 Å². The fourth-order valence-corrected chi connectivity index (χ4v) is 15.5. The van der Waals surface area contributed by atoms with E-state index in [0.717, 1.165) is 124 Å². The smallest absolute Gasteiger partial charge is 0.246 e. The first-order chi connectivity index (χ1) is 57.5. The minimum Gasteiger partial charge on any atom is -0.495 e. The number of hydrogen-bond donors (Lipinski definition) is 0. The lowest BCUT2D eigenvalue weighted by atomic mass is 10.1. The van der Waals surface area contributed by atoms with Gasteiger partial charge in [0, 0.05) is 74.5 Å². The number of carbonyl (C=O) groups is 3. The average molecular weight is 1660 g/mol. The van der Waals surface area contributed by atoms with E-state index in [9.17, 15) is 14.4 Å². The van der Waals surface area contributed by atoms with E-state index < -0.39 is 0 Å². The second kappa shape index (κ2) is 39.2. The molecule has 6 aromatic heterocycles. The monoisotopic (exact) mass is 1650 g/mol. The number of unbranched alkanes of at least 4 members (excludes halogenated alkanes) is 1. The Morgan fingerprint density at radius 1 is 0.424 bits per heavy atom. The number of nitrogens with zero attached hydrogens (tertiary/aromatic N) is 12. The Balaban J connectivity index is 0.000000153. The van der Waals surface area contributed by atoms with Crippen LogP contribution in [0.4, 0.5) is 0 Å². The maximum atomic E-state index is 12.4. The molecule has 24 nitrogen and oxygen atoms in total. The summed E-state index contributed by atoms with van der Waals surface area (Å²) in [5, 5.41) is 19.1.